The zero-order chi connectivity index (χ0) is 13.0. The lowest BCUT2D eigenvalue weighted by molar-refractivity contribution is -0.674. The molecule has 1 aromatic rings. The first kappa shape index (κ1) is 13.8. The van der Waals surface area contributed by atoms with Gasteiger partial charge in [0.25, 0.3) is 0 Å². The minimum atomic E-state index is -0.389. The number of quaternary nitrogens is 1. The van der Waals surface area contributed by atoms with Gasteiger partial charge in [-0.2, -0.15) is 0 Å². The maximum Gasteiger partial charge on any atom is 0.126 e. The number of hydrogen-bond acceptors (Lipinski definition) is 2. The molecule has 1 aliphatic carbocycles. The van der Waals surface area contributed by atoms with Crippen molar-refractivity contribution in [3.63, 3.8) is 0 Å². The van der Waals surface area contributed by atoms with E-state index in [1.165, 1.54) is 12.8 Å². The van der Waals surface area contributed by atoms with E-state index in [1.54, 1.807) is 0 Å². The third-order valence-corrected chi connectivity index (χ3v) is 3.49. The summed E-state index contributed by atoms with van der Waals surface area (Å²) < 4.78 is 5.67. The molecule has 18 heavy (non-hydrogen) atoms. The molecular formula is C14H21ClNO2+. The molecule has 2 rings (SSSR count). The smallest absolute Gasteiger partial charge is 0.126 e. The van der Waals surface area contributed by atoms with Crippen molar-refractivity contribution >= 4 is 11.6 Å². The van der Waals surface area contributed by atoms with Gasteiger partial charge in [-0.05, 0) is 24.6 Å². The van der Waals surface area contributed by atoms with Crippen molar-refractivity contribution in [1.29, 1.82) is 0 Å². The van der Waals surface area contributed by atoms with Crippen molar-refractivity contribution in [2.45, 2.75) is 38.0 Å². The van der Waals surface area contributed by atoms with Crippen molar-refractivity contribution in [2.24, 2.45) is 0 Å². The van der Waals surface area contributed by atoms with Crippen molar-refractivity contribution in [3.8, 4) is 0 Å². The highest BCUT2D eigenvalue weighted by Gasteiger charge is 2.26. The molecule has 0 spiro atoms. The summed E-state index contributed by atoms with van der Waals surface area (Å²) >= 11 is 5.84. The Morgan fingerprint density at radius 1 is 1.39 bits per heavy atom. The molecule has 0 aliphatic heterocycles. The Labute approximate surface area is 113 Å². The summed E-state index contributed by atoms with van der Waals surface area (Å²) in [6.45, 7) is 3.10. The first-order valence-electron chi connectivity index (χ1n) is 6.53. The topological polar surface area (TPSA) is 46.1 Å². The molecule has 1 fully saturated rings. The average molecular weight is 271 g/mol. The third kappa shape index (κ3) is 4.58. The van der Waals surface area contributed by atoms with Crippen molar-refractivity contribution < 1.29 is 15.2 Å². The van der Waals surface area contributed by atoms with E-state index in [9.17, 15) is 5.11 Å². The number of rotatable bonds is 7. The lowest BCUT2D eigenvalue weighted by Gasteiger charge is -2.16. The summed E-state index contributed by atoms with van der Waals surface area (Å²) in [5, 5.41) is 12.7. The summed E-state index contributed by atoms with van der Waals surface area (Å²) in [5.41, 5.74) is 1.08. The van der Waals surface area contributed by atoms with Crippen molar-refractivity contribution in [3.05, 3.63) is 34.9 Å². The molecule has 0 radical (unpaired) electrons. The van der Waals surface area contributed by atoms with Crippen LogP contribution in [0.1, 0.15) is 31.4 Å². The van der Waals surface area contributed by atoms with Crippen LogP contribution in [0.2, 0.25) is 5.02 Å². The van der Waals surface area contributed by atoms with E-state index in [4.69, 9.17) is 16.3 Å². The van der Waals surface area contributed by atoms with Gasteiger partial charge in [-0.15, -0.1) is 0 Å². The van der Waals surface area contributed by atoms with E-state index in [-0.39, 0.29) is 12.2 Å². The fraction of sp³-hybridized carbons (Fsp3) is 0.571. The Morgan fingerprint density at radius 2 is 2.06 bits per heavy atom. The van der Waals surface area contributed by atoms with Crippen LogP contribution in [0.3, 0.4) is 0 Å². The van der Waals surface area contributed by atoms with Crippen LogP contribution < -0.4 is 5.32 Å². The first-order valence-corrected chi connectivity index (χ1v) is 6.91. The van der Waals surface area contributed by atoms with E-state index in [2.05, 4.69) is 5.32 Å². The lowest BCUT2D eigenvalue weighted by atomic mass is 10.1. The van der Waals surface area contributed by atoms with Crippen molar-refractivity contribution in [2.75, 3.05) is 13.2 Å². The molecule has 0 unspecified atom stereocenters. The Kier molecular flexibility index (Phi) is 5.01. The molecule has 100 valence electrons. The van der Waals surface area contributed by atoms with Crippen LogP contribution in [0.25, 0.3) is 0 Å². The van der Waals surface area contributed by atoms with Gasteiger partial charge in [0.1, 0.15) is 12.6 Å². The number of benzene rings is 1. The predicted octanol–water partition coefficient (Wildman–Crippen LogP) is 1.50. The van der Waals surface area contributed by atoms with Gasteiger partial charge in [0.2, 0.25) is 0 Å². The van der Waals surface area contributed by atoms with Gasteiger partial charge in [0.15, 0.2) is 0 Å². The largest absolute Gasteiger partial charge is 0.385 e. The van der Waals surface area contributed by atoms with Gasteiger partial charge in [0.05, 0.1) is 18.8 Å². The Balaban J connectivity index is 1.69. The van der Waals surface area contributed by atoms with E-state index in [0.29, 0.717) is 6.61 Å². The normalized spacial score (nSPS) is 18.6. The predicted molar refractivity (Wildman–Crippen MR) is 71.6 cm³/mol. The molecule has 0 bridgehead atoms. The van der Waals surface area contributed by atoms with E-state index in [1.807, 2.05) is 31.2 Å². The minimum absolute atomic E-state index is 0.0159. The average Bonchev–Trinajstić information content (AvgIpc) is 3.18. The molecule has 3 nitrogen and oxygen atoms in total. The maximum absolute atomic E-state index is 9.79. The zero-order valence-corrected chi connectivity index (χ0v) is 11.4. The molecule has 3 N–H and O–H groups in total. The summed E-state index contributed by atoms with van der Waals surface area (Å²) in [6.07, 6.45) is 2.17. The van der Waals surface area contributed by atoms with Crippen LogP contribution in [0.5, 0.6) is 0 Å². The van der Waals surface area contributed by atoms with Gasteiger partial charge < -0.3 is 15.2 Å². The number of ether oxygens (including phenoxy) is 1. The fourth-order valence-electron chi connectivity index (χ4n) is 1.83. The first-order chi connectivity index (χ1) is 8.65. The fourth-order valence-corrected chi connectivity index (χ4v) is 1.96. The quantitative estimate of drug-likeness (QED) is 0.789. The van der Waals surface area contributed by atoms with Crippen molar-refractivity contribution in [1.82, 2.24) is 0 Å². The second-order valence-electron chi connectivity index (χ2n) is 4.99. The second-order valence-corrected chi connectivity index (χ2v) is 5.43. The number of nitrogens with two attached hydrogens (primary N) is 1. The lowest BCUT2D eigenvalue weighted by Crippen LogP contribution is -2.88. The molecule has 0 saturated heterocycles. The maximum atomic E-state index is 9.79. The molecule has 1 aromatic carbocycles. The van der Waals surface area contributed by atoms with Gasteiger partial charge in [-0.3, -0.25) is 0 Å². The van der Waals surface area contributed by atoms with E-state index < -0.39 is 0 Å². The van der Waals surface area contributed by atoms with Gasteiger partial charge in [-0.1, -0.05) is 23.7 Å². The summed E-state index contributed by atoms with van der Waals surface area (Å²) in [4.78, 5) is 0. The van der Waals surface area contributed by atoms with Crippen LogP contribution in [-0.2, 0) is 4.74 Å². The zero-order valence-electron chi connectivity index (χ0n) is 10.7. The van der Waals surface area contributed by atoms with Gasteiger partial charge >= 0.3 is 0 Å². The molecule has 1 saturated carbocycles. The Bertz CT molecular complexity index is 365. The highest BCUT2D eigenvalue weighted by atomic mass is 35.5. The second kappa shape index (κ2) is 6.53. The molecule has 4 heteroatoms. The van der Waals surface area contributed by atoms with E-state index in [0.717, 1.165) is 23.2 Å². The van der Waals surface area contributed by atoms with E-state index >= 15 is 0 Å². The summed E-state index contributed by atoms with van der Waals surface area (Å²) in [6, 6.07) is 8.36. The molecule has 1 aliphatic rings. The number of aliphatic hydroxyl groups is 1. The SMILES string of the molecule is C[C@@H](OC[C@@H](O)C[NH2+]C1CC1)c1ccc(Cl)cc1. The molecule has 2 atom stereocenters. The van der Waals surface area contributed by atoms with Gasteiger partial charge in [0, 0.05) is 17.9 Å². The van der Waals surface area contributed by atoms with Crippen LogP contribution in [-0.4, -0.2) is 30.4 Å². The number of aliphatic hydroxyl groups excluding tert-OH is 1. The van der Waals surface area contributed by atoms with Crippen LogP contribution in [0.15, 0.2) is 24.3 Å². The summed E-state index contributed by atoms with van der Waals surface area (Å²) in [5.74, 6) is 0. The highest BCUT2D eigenvalue weighted by molar-refractivity contribution is 6.30. The third-order valence-electron chi connectivity index (χ3n) is 3.24. The molecule has 0 amide bonds. The standard InChI is InChI=1S/C14H20ClNO2/c1-10(11-2-4-12(15)5-3-11)18-9-14(17)8-16-13-6-7-13/h2-5,10,13-14,16-17H,6-9H2,1H3/p+1/t10-,14+/m1/s1. The highest BCUT2D eigenvalue weighted by Crippen LogP contribution is 2.19. The Hall–Kier alpha value is -0.610. The van der Waals surface area contributed by atoms with Gasteiger partial charge in [-0.25, -0.2) is 0 Å². The monoisotopic (exact) mass is 270 g/mol. The summed E-state index contributed by atoms with van der Waals surface area (Å²) in [7, 11) is 0. The van der Waals surface area contributed by atoms with Crippen LogP contribution >= 0.6 is 11.6 Å². The van der Waals surface area contributed by atoms with Crippen LogP contribution in [0.4, 0.5) is 0 Å². The Morgan fingerprint density at radius 3 is 2.67 bits per heavy atom. The minimum Gasteiger partial charge on any atom is -0.385 e. The molecule has 0 heterocycles. The number of hydrogen-bond donors (Lipinski definition) is 2. The molecular weight excluding hydrogens is 250 g/mol. The number of halogens is 1. The molecule has 0 aromatic heterocycles. The van der Waals surface area contributed by atoms with Crippen LogP contribution in [0, 0.1) is 0 Å².